The third-order valence-corrected chi connectivity index (χ3v) is 7.62. The number of hydrogen-bond donors (Lipinski definition) is 1. The SMILES string of the molecule is C=CCC(N1CCCC1)N1CCC2(CC1)NC(=O)N(C1CCc3ccccc31)C2=O. The molecule has 0 aromatic heterocycles. The van der Waals surface area contributed by atoms with E-state index in [0.717, 1.165) is 51.0 Å². The van der Waals surface area contributed by atoms with Crippen molar-refractivity contribution in [1.82, 2.24) is 20.0 Å². The van der Waals surface area contributed by atoms with E-state index in [-0.39, 0.29) is 18.0 Å². The molecule has 0 saturated carbocycles. The number of imide groups is 1. The summed E-state index contributed by atoms with van der Waals surface area (Å²) in [4.78, 5) is 33.1. The first-order chi connectivity index (χ1) is 14.6. The van der Waals surface area contributed by atoms with Crippen molar-refractivity contribution in [2.75, 3.05) is 26.2 Å². The largest absolute Gasteiger partial charge is 0.325 e. The Morgan fingerprint density at radius 3 is 2.53 bits per heavy atom. The van der Waals surface area contributed by atoms with Crippen molar-refractivity contribution in [2.24, 2.45) is 0 Å². The standard InChI is InChI=1S/C24H32N4O2/c1-2-7-21(26-14-5-6-15-26)27-16-12-24(13-17-27)22(29)28(23(30)25-24)20-11-10-18-8-3-4-9-19(18)20/h2-4,8-9,20-21H,1,5-7,10-17H2,(H,25,30). The van der Waals surface area contributed by atoms with Crippen molar-refractivity contribution in [3.05, 3.63) is 48.0 Å². The van der Waals surface area contributed by atoms with Gasteiger partial charge in [-0.25, -0.2) is 4.79 Å². The summed E-state index contributed by atoms with van der Waals surface area (Å²) in [5.74, 6) is -0.0182. The van der Waals surface area contributed by atoms with Gasteiger partial charge in [0, 0.05) is 13.1 Å². The molecule has 4 aliphatic rings. The summed E-state index contributed by atoms with van der Waals surface area (Å²) in [6, 6.07) is 7.88. The fraction of sp³-hybridized carbons (Fsp3) is 0.583. The minimum absolute atomic E-state index is 0.0182. The summed E-state index contributed by atoms with van der Waals surface area (Å²) < 4.78 is 0. The van der Waals surface area contributed by atoms with Crippen LogP contribution in [0.5, 0.6) is 0 Å². The normalized spacial score (nSPS) is 27.5. The summed E-state index contributed by atoms with van der Waals surface area (Å²) in [6.45, 7) is 7.91. The maximum absolute atomic E-state index is 13.5. The van der Waals surface area contributed by atoms with Crippen molar-refractivity contribution in [3.8, 4) is 0 Å². The lowest BCUT2D eigenvalue weighted by molar-refractivity contribution is -0.135. The smallest absolute Gasteiger partial charge is 0.323 e. The van der Waals surface area contributed by atoms with Gasteiger partial charge in [-0.15, -0.1) is 6.58 Å². The van der Waals surface area contributed by atoms with Crippen LogP contribution >= 0.6 is 0 Å². The lowest BCUT2D eigenvalue weighted by Crippen LogP contribution is -2.59. The number of rotatable bonds is 5. The number of hydrogen-bond acceptors (Lipinski definition) is 4. The molecule has 3 heterocycles. The number of urea groups is 1. The minimum atomic E-state index is -0.727. The predicted octanol–water partition coefficient (Wildman–Crippen LogP) is 3.06. The Bertz CT molecular complexity index is 839. The highest BCUT2D eigenvalue weighted by molar-refractivity contribution is 6.07. The number of carbonyl (C=O) groups excluding carboxylic acids is 2. The highest BCUT2D eigenvalue weighted by Crippen LogP contribution is 2.41. The van der Waals surface area contributed by atoms with Crippen LogP contribution in [-0.2, 0) is 11.2 Å². The van der Waals surface area contributed by atoms with Crippen molar-refractivity contribution < 1.29 is 9.59 Å². The van der Waals surface area contributed by atoms with Gasteiger partial charge < -0.3 is 5.32 Å². The van der Waals surface area contributed by atoms with E-state index in [1.54, 1.807) is 0 Å². The first kappa shape index (κ1) is 19.8. The Morgan fingerprint density at radius 1 is 1.10 bits per heavy atom. The van der Waals surface area contributed by atoms with E-state index < -0.39 is 5.54 Å². The fourth-order valence-corrected chi connectivity index (χ4v) is 5.99. The third kappa shape index (κ3) is 3.17. The van der Waals surface area contributed by atoms with Crippen LogP contribution in [0.3, 0.4) is 0 Å². The Morgan fingerprint density at radius 2 is 1.80 bits per heavy atom. The Hall–Kier alpha value is -2.18. The first-order valence-electron chi connectivity index (χ1n) is 11.5. The van der Waals surface area contributed by atoms with Crippen molar-refractivity contribution in [3.63, 3.8) is 0 Å². The van der Waals surface area contributed by atoms with Gasteiger partial charge in [0.2, 0.25) is 0 Å². The van der Waals surface area contributed by atoms with Gasteiger partial charge in [-0.2, -0.15) is 0 Å². The van der Waals surface area contributed by atoms with Gasteiger partial charge >= 0.3 is 6.03 Å². The van der Waals surface area contributed by atoms with Gasteiger partial charge in [-0.3, -0.25) is 19.5 Å². The molecule has 1 aromatic rings. The van der Waals surface area contributed by atoms with Crippen molar-refractivity contribution in [1.29, 1.82) is 0 Å². The van der Waals surface area contributed by atoms with Crippen LogP contribution in [0.25, 0.3) is 0 Å². The third-order valence-electron chi connectivity index (χ3n) is 7.62. The molecule has 0 bridgehead atoms. The van der Waals surface area contributed by atoms with E-state index in [1.165, 1.54) is 23.3 Å². The molecule has 3 aliphatic heterocycles. The van der Waals surface area contributed by atoms with Gasteiger partial charge in [0.15, 0.2) is 0 Å². The number of nitrogens with zero attached hydrogens (tertiary/aromatic N) is 3. The molecular weight excluding hydrogens is 376 g/mol. The molecule has 2 unspecified atom stereocenters. The summed E-state index contributed by atoms with van der Waals surface area (Å²) >= 11 is 0. The first-order valence-corrected chi connectivity index (χ1v) is 11.5. The molecule has 6 nitrogen and oxygen atoms in total. The number of nitrogens with one attached hydrogen (secondary N) is 1. The molecule has 3 amide bonds. The van der Waals surface area contributed by atoms with Crippen LogP contribution in [0.4, 0.5) is 4.79 Å². The number of piperidine rings is 1. The van der Waals surface area contributed by atoms with E-state index in [0.29, 0.717) is 19.0 Å². The van der Waals surface area contributed by atoms with E-state index in [9.17, 15) is 9.59 Å². The molecule has 160 valence electrons. The molecule has 3 saturated heterocycles. The molecule has 1 aliphatic carbocycles. The molecule has 1 N–H and O–H groups in total. The van der Waals surface area contributed by atoms with E-state index in [1.807, 2.05) is 18.2 Å². The van der Waals surface area contributed by atoms with Crippen LogP contribution in [0.1, 0.15) is 55.7 Å². The summed E-state index contributed by atoms with van der Waals surface area (Å²) in [7, 11) is 0. The van der Waals surface area contributed by atoms with Gasteiger partial charge in [0.05, 0.1) is 12.2 Å². The highest BCUT2D eigenvalue weighted by Gasteiger charge is 2.55. The molecule has 1 aromatic carbocycles. The second-order valence-electron chi connectivity index (χ2n) is 9.22. The lowest BCUT2D eigenvalue weighted by Gasteiger charge is -2.44. The van der Waals surface area contributed by atoms with E-state index in [2.05, 4.69) is 33.8 Å². The van der Waals surface area contributed by atoms with Gasteiger partial charge in [0.1, 0.15) is 5.54 Å². The Kier molecular flexibility index (Phi) is 5.15. The summed E-state index contributed by atoms with van der Waals surface area (Å²) in [5.41, 5.74) is 1.67. The number of fused-ring (bicyclic) bond motifs is 1. The number of likely N-dealkylation sites (tertiary alicyclic amines) is 2. The quantitative estimate of drug-likeness (QED) is 0.601. The Labute approximate surface area is 178 Å². The van der Waals surface area contributed by atoms with Gasteiger partial charge in [-0.05, 0) is 69.2 Å². The maximum Gasteiger partial charge on any atom is 0.325 e. The van der Waals surface area contributed by atoms with Crippen LogP contribution in [0.15, 0.2) is 36.9 Å². The topological polar surface area (TPSA) is 55.9 Å². The summed E-state index contributed by atoms with van der Waals surface area (Å²) in [5, 5.41) is 3.11. The predicted molar refractivity (Wildman–Crippen MR) is 116 cm³/mol. The molecular formula is C24H32N4O2. The maximum atomic E-state index is 13.5. The second kappa shape index (κ2) is 7.82. The average molecular weight is 409 g/mol. The van der Waals surface area contributed by atoms with E-state index in [4.69, 9.17) is 0 Å². The number of aryl methyl sites for hydroxylation is 1. The molecule has 0 radical (unpaired) electrons. The van der Waals surface area contributed by atoms with Gasteiger partial charge in [-0.1, -0.05) is 30.3 Å². The molecule has 6 heteroatoms. The monoisotopic (exact) mass is 408 g/mol. The summed E-state index contributed by atoms with van der Waals surface area (Å²) in [6.07, 6.45) is 8.97. The fourth-order valence-electron chi connectivity index (χ4n) is 5.99. The van der Waals surface area contributed by atoms with Crippen LogP contribution in [0, 0.1) is 0 Å². The lowest BCUT2D eigenvalue weighted by atomic mass is 9.86. The zero-order valence-electron chi connectivity index (χ0n) is 17.7. The minimum Gasteiger partial charge on any atom is -0.323 e. The second-order valence-corrected chi connectivity index (χ2v) is 9.22. The molecule has 5 rings (SSSR count). The average Bonchev–Trinajstić information content (AvgIpc) is 3.47. The van der Waals surface area contributed by atoms with Crippen LogP contribution in [0.2, 0.25) is 0 Å². The van der Waals surface area contributed by atoms with Gasteiger partial charge in [0.25, 0.3) is 5.91 Å². The molecule has 3 fully saturated rings. The van der Waals surface area contributed by atoms with Crippen LogP contribution in [-0.4, -0.2) is 64.5 Å². The number of benzene rings is 1. The number of amides is 3. The highest BCUT2D eigenvalue weighted by atomic mass is 16.2. The molecule has 2 atom stereocenters. The Balaban J connectivity index is 1.30. The van der Waals surface area contributed by atoms with Crippen LogP contribution < -0.4 is 5.32 Å². The molecule has 30 heavy (non-hydrogen) atoms. The number of carbonyl (C=O) groups is 2. The van der Waals surface area contributed by atoms with Crippen molar-refractivity contribution >= 4 is 11.9 Å². The van der Waals surface area contributed by atoms with E-state index >= 15 is 0 Å². The zero-order chi connectivity index (χ0) is 20.7. The molecule has 1 spiro atoms. The van der Waals surface area contributed by atoms with Crippen molar-refractivity contribution in [2.45, 2.75) is 62.7 Å². The zero-order valence-corrected chi connectivity index (χ0v) is 17.7.